The van der Waals surface area contributed by atoms with E-state index in [0.717, 1.165) is 25.7 Å². The Labute approximate surface area is 138 Å². The van der Waals surface area contributed by atoms with Crippen LogP contribution in [0, 0.1) is 12.8 Å². The van der Waals surface area contributed by atoms with Crippen LogP contribution in [0.3, 0.4) is 0 Å². The second-order valence-electron chi connectivity index (χ2n) is 6.22. The first kappa shape index (κ1) is 16.1. The van der Waals surface area contributed by atoms with Crippen LogP contribution >= 0.6 is 11.3 Å². The predicted octanol–water partition coefficient (Wildman–Crippen LogP) is 1.58. The molecule has 0 spiro atoms. The van der Waals surface area contributed by atoms with Crippen molar-refractivity contribution in [3.8, 4) is 0 Å². The molecule has 2 aromatic rings. The number of thiophene rings is 1. The minimum absolute atomic E-state index is 0.145. The molecule has 1 saturated carbocycles. The standard InChI is InChI=1S/C16H21N3O3S/c1-9-12-15(18-8-19(2)16(12)22)23-13(9)14(21)17-7-11(20)10-5-3-4-6-10/h8,10-11,20H,3-7H2,1-2H3,(H,17,21). The van der Waals surface area contributed by atoms with Crippen molar-refractivity contribution in [2.45, 2.75) is 38.7 Å². The highest BCUT2D eigenvalue weighted by molar-refractivity contribution is 7.20. The number of nitrogens with one attached hydrogen (secondary N) is 1. The number of nitrogens with zero attached hydrogens (tertiary/aromatic N) is 2. The molecule has 23 heavy (non-hydrogen) atoms. The fraction of sp³-hybridized carbons (Fsp3) is 0.562. The van der Waals surface area contributed by atoms with Crippen molar-refractivity contribution < 1.29 is 9.90 Å². The zero-order valence-electron chi connectivity index (χ0n) is 13.3. The number of aliphatic hydroxyl groups excluding tert-OH is 1. The normalized spacial score (nSPS) is 16.8. The van der Waals surface area contributed by atoms with Crippen molar-refractivity contribution in [3.05, 3.63) is 27.1 Å². The van der Waals surface area contributed by atoms with E-state index < -0.39 is 6.10 Å². The first-order chi connectivity index (χ1) is 11.0. The number of hydrogen-bond acceptors (Lipinski definition) is 5. The molecule has 3 rings (SSSR count). The summed E-state index contributed by atoms with van der Waals surface area (Å²) in [4.78, 5) is 29.9. The largest absolute Gasteiger partial charge is 0.391 e. The second kappa shape index (κ2) is 6.41. The molecule has 0 aliphatic heterocycles. The third kappa shape index (κ3) is 3.03. The maximum absolute atomic E-state index is 12.4. The summed E-state index contributed by atoms with van der Waals surface area (Å²) in [6, 6.07) is 0. The summed E-state index contributed by atoms with van der Waals surface area (Å²) >= 11 is 1.22. The highest BCUT2D eigenvalue weighted by Gasteiger charge is 2.24. The van der Waals surface area contributed by atoms with E-state index in [1.807, 2.05) is 0 Å². The SMILES string of the molecule is Cc1c(C(=O)NCC(O)C2CCCC2)sc2ncn(C)c(=O)c12. The number of hydrogen-bond donors (Lipinski definition) is 2. The molecule has 1 unspecified atom stereocenters. The molecule has 0 aromatic carbocycles. The van der Waals surface area contributed by atoms with E-state index in [2.05, 4.69) is 10.3 Å². The van der Waals surface area contributed by atoms with Gasteiger partial charge in [0.1, 0.15) is 4.83 Å². The number of fused-ring (bicyclic) bond motifs is 1. The molecule has 1 fully saturated rings. The lowest BCUT2D eigenvalue weighted by atomic mass is 10.0. The van der Waals surface area contributed by atoms with E-state index >= 15 is 0 Å². The molecule has 1 atom stereocenters. The Morgan fingerprint density at radius 1 is 1.52 bits per heavy atom. The second-order valence-corrected chi connectivity index (χ2v) is 7.22. The molecule has 124 valence electrons. The van der Waals surface area contributed by atoms with Crippen LogP contribution in [0.25, 0.3) is 10.2 Å². The molecule has 2 aromatic heterocycles. The van der Waals surface area contributed by atoms with Gasteiger partial charge < -0.3 is 15.0 Å². The van der Waals surface area contributed by atoms with E-state index in [1.165, 1.54) is 22.2 Å². The fourth-order valence-electron chi connectivity index (χ4n) is 3.21. The van der Waals surface area contributed by atoms with E-state index in [9.17, 15) is 14.7 Å². The molecular formula is C16H21N3O3S. The van der Waals surface area contributed by atoms with E-state index in [4.69, 9.17) is 0 Å². The zero-order chi connectivity index (χ0) is 16.6. The number of aromatic nitrogens is 2. The van der Waals surface area contributed by atoms with Gasteiger partial charge in [-0.15, -0.1) is 11.3 Å². The zero-order valence-corrected chi connectivity index (χ0v) is 14.2. The first-order valence-electron chi connectivity index (χ1n) is 7.90. The molecule has 6 nitrogen and oxygen atoms in total. The minimum Gasteiger partial charge on any atom is -0.391 e. The molecule has 7 heteroatoms. The monoisotopic (exact) mass is 335 g/mol. The maximum atomic E-state index is 12.4. The van der Waals surface area contributed by atoms with E-state index in [0.29, 0.717) is 20.7 Å². The molecule has 1 amide bonds. The number of carbonyl (C=O) groups excluding carboxylic acids is 1. The summed E-state index contributed by atoms with van der Waals surface area (Å²) in [7, 11) is 1.64. The van der Waals surface area contributed by atoms with Gasteiger partial charge in [0.15, 0.2) is 0 Å². The first-order valence-corrected chi connectivity index (χ1v) is 8.71. The van der Waals surface area contributed by atoms with Gasteiger partial charge in [0.2, 0.25) is 0 Å². The molecule has 1 aliphatic rings. The number of carbonyl (C=O) groups is 1. The number of rotatable bonds is 4. The number of aryl methyl sites for hydroxylation is 2. The summed E-state index contributed by atoms with van der Waals surface area (Å²) < 4.78 is 1.41. The summed E-state index contributed by atoms with van der Waals surface area (Å²) in [5.74, 6) is 0.0392. The lowest BCUT2D eigenvalue weighted by Gasteiger charge is -2.17. The van der Waals surface area contributed by atoms with E-state index in [-0.39, 0.29) is 23.9 Å². The average molecular weight is 335 g/mol. The lowest BCUT2D eigenvalue weighted by Crippen LogP contribution is -2.35. The summed E-state index contributed by atoms with van der Waals surface area (Å²) in [6.45, 7) is 2.02. The van der Waals surface area contributed by atoms with Gasteiger partial charge in [-0.25, -0.2) is 4.98 Å². The van der Waals surface area contributed by atoms with Crippen LogP contribution < -0.4 is 10.9 Å². The number of aliphatic hydroxyl groups is 1. The van der Waals surface area contributed by atoms with Crippen molar-refractivity contribution >= 4 is 27.5 Å². The minimum atomic E-state index is -0.498. The van der Waals surface area contributed by atoms with Gasteiger partial charge in [0.25, 0.3) is 11.5 Å². The average Bonchev–Trinajstić information content (AvgIpc) is 3.17. The van der Waals surface area contributed by atoms with E-state index in [1.54, 1.807) is 14.0 Å². The molecule has 1 aliphatic carbocycles. The van der Waals surface area contributed by atoms with Gasteiger partial charge in [0, 0.05) is 13.6 Å². The number of amides is 1. The van der Waals surface area contributed by atoms with Crippen molar-refractivity contribution in [3.63, 3.8) is 0 Å². The molecule has 0 bridgehead atoms. The van der Waals surface area contributed by atoms with Gasteiger partial charge in [-0.05, 0) is 31.2 Å². The fourth-order valence-corrected chi connectivity index (χ4v) is 4.27. The van der Waals surface area contributed by atoms with Crippen LogP contribution in [0.4, 0.5) is 0 Å². The highest BCUT2D eigenvalue weighted by atomic mass is 32.1. The van der Waals surface area contributed by atoms with Gasteiger partial charge in [0.05, 0.1) is 22.7 Å². The van der Waals surface area contributed by atoms with Crippen molar-refractivity contribution in [2.75, 3.05) is 6.54 Å². The van der Waals surface area contributed by atoms with Gasteiger partial charge in [-0.3, -0.25) is 9.59 Å². The summed E-state index contributed by atoms with van der Waals surface area (Å²) in [5, 5.41) is 13.5. The molecule has 0 radical (unpaired) electrons. The molecule has 2 N–H and O–H groups in total. The van der Waals surface area contributed by atoms with Crippen molar-refractivity contribution in [2.24, 2.45) is 13.0 Å². The summed E-state index contributed by atoms with van der Waals surface area (Å²) in [6.07, 6.45) is 5.33. The Morgan fingerprint density at radius 2 is 2.22 bits per heavy atom. The molecular weight excluding hydrogens is 314 g/mol. The van der Waals surface area contributed by atoms with Gasteiger partial charge in [-0.2, -0.15) is 0 Å². The van der Waals surface area contributed by atoms with Crippen molar-refractivity contribution in [1.82, 2.24) is 14.9 Å². The predicted molar refractivity (Wildman–Crippen MR) is 89.9 cm³/mol. The van der Waals surface area contributed by atoms with Crippen LogP contribution in [-0.2, 0) is 7.05 Å². The molecule has 0 saturated heterocycles. The van der Waals surface area contributed by atoms with Gasteiger partial charge in [-0.1, -0.05) is 12.8 Å². The third-order valence-corrected chi connectivity index (χ3v) is 5.83. The smallest absolute Gasteiger partial charge is 0.262 e. The van der Waals surface area contributed by atoms with Crippen LogP contribution in [0.15, 0.2) is 11.1 Å². The lowest BCUT2D eigenvalue weighted by molar-refractivity contribution is 0.0843. The highest BCUT2D eigenvalue weighted by Crippen LogP contribution is 2.28. The Morgan fingerprint density at radius 3 is 2.91 bits per heavy atom. The Bertz CT molecular complexity index is 790. The van der Waals surface area contributed by atoms with Crippen LogP contribution in [0.5, 0.6) is 0 Å². The maximum Gasteiger partial charge on any atom is 0.262 e. The summed E-state index contributed by atoms with van der Waals surface area (Å²) in [5.41, 5.74) is 0.514. The Hall–Kier alpha value is -1.73. The van der Waals surface area contributed by atoms with Crippen molar-refractivity contribution in [1.29, 1.82) is 0 Å². The topological polar surface area (TPSA) is 84.2 Å². The van der Waals surface area contributed by atoms with Crippen LogP contribution in [0.1, 0.15) is 40.9 Å². The van der Waals surface area contributed by atoms with Crippen LogP contribution in [-0.4, -0.2) is 33.2 Å². The van der Waals surface area contributed by atoms with Gasteiger partial charge >= 0.3 is 0 Å². The molecule has 2 heterocycles. The third-order valence-electron chi connectivity index (χ3n) is 4.63. The van der Waals surface area contributed by atoms with Crippen LogP contribution in [0.2, 0.25) is 0 Å². The quantitative estimate of drug-likeness (QED) is 0.888. The Kier molecular flexibility index (Phi) is 4.50. The Balaban J connectivity index is 1.77.